The maximum Gasteiger partial charge on any atom is 0.249 e. The predicted octanol–water partition coefficient (Wildman–Crippen LogP) is 3.50. The quantitative estimate of drug-likeness (QED) is 0.420. The average Bonchev–Trinajstić information content (AvgIpc) is 3.20. The summed E-state index contributed by atoms with van der Waals surface area (Å²) in [7, 11) is 3.81. The van der Waals surface area contributed by atoms with Crippen LogP contribution in [0.15, 0.2) is 73.3 Å². The molecular weight excluding hydrogens is 358 g/mol. The highest BCUT2D eigenvalue weighted by Gasteiger charge is 2.24. The van der Waals surface area contributed by atoms with Crippen molar-refractivity contribution in [3.63, 3.8) is 0 Å². The Bertz CT molecular complexity index is 1260. The minimum absolute atomic E-state index is 0.300. The summed E-state index contributed by atoms with van der Waals surface area (Å²) in [5, 5.41) is 0. The number of rotatable bonds is 2. The standard InChI is InChI=1S/C22H18F2N4/c1-25-13-27(19-9-5-3-7-17(19)25)21-12-22(16(24)11-15(21)23)28-14-26(2)18-8-4-6-10-20(18)28/h3-14H,1-2H3/q+2. The van der Waals surface area contributed by atoms with Crippen LogP contribution in [0.5, 0.6) is 0 Å². The Morgan fingerprint density at radius 1 is 0.643 bits per heavy atom. The molecule has 0 unspecified atom stereocenters. The third-order valence-electron chi connectivity index (χ3n) is 5.16. The van der Waals surface area contributed by atoms with Crippen LogP contribution in [0.4, 0.5) is 8.78 Å². The van der Waals surface area contributed by atoms with Crippen LogP contribution in [-0.4, -0.2) is 9.13 Å². The number of halogens is 2. The van der Waals surface area contributed by atoms with E-state index in [1.165, 1.54) is 0 Å². The second kappa shape index (κ2) is 5.99. The molecule has 5 aromatic rings. The molecule has 0 fully saturated rings. The van der Waals surface area contributed by atoms with Gasteiger partial charge < -0.3 is 0 Å². The van der Waals surface area contributed by atoms with Gasteiger partial charge in [-0.2, -0.15) is 9.13 Å². The number of para-hydroxylation sites is 4. The molecule has 28 heavy (non-hydrogen) atoms. The Morgan fingerprint density at radius 3 is 1.54 bits per heavy atom. The molecule has 6 heteroatoms. The second-order valence-corrected chi connectivity index (χ2v) is 6.93. The molecule has 0 bridgehead atoms. The van der Waals surface area contributed by atoms with E-state index in [9.17, 15) is 8.78 Å². The Morgan fingerprint density at radius 2 is 1.07 bits per heavy atom. The van der Waals surface area contributed by atoms with E-state index in [2.05, 4.69) is 0 Å². The van der Waals surface area contributed by atoms with Crippen molar-refractivity contribution in [1.82, 2.24) is 9.13 Å². The van der Waals surface area contributed by atoms with Gasteiger partial charge in [-0.3, -0.25) is 0 Å². The van der Waals surface area contributed by atoms with Crippen molar-refractivity contribution < 1.29 is 17.9 Å². The molecule has 0 saturated carbocycles. The first-order valence-corrected chi connectivity index (χ1v) is 8.96. The summed E-state index contributed by atoms with van der Waals surface area (Å²) in [6.07, 6.45) is 3.61. The summed E-state index contributed by atoms with van der Waals surface area (Å²) in [5.74, 6) is -1.22. The first-order chi connectivity index (χ1) is 13.5. The van der Waals surface area contributed by atoms with Crippen molar-refractivity contribution >= 4 is 22.1 Å². The van der Waals surface area contributed by atoms with Crippen molar-refractivity contribution in [3.8, 4) is 11.4 Å². The van der Waals surface area contributed by atoms with Crippen LogP contribution >= 0.6 is 0 Å². The fourth-order valence-corrected chi connectivity index (χ4v) is 3.81. The minimum Gasteiger partial charge on any atom is -0.232 e. The molecule has 0 atom stereocenters. The monoisotopic (exact) mass is 376 g/mol. The molecule has 0 radical (unpaired) electrons. The van der Waals surface area contributed by atoms with E-state index in [1.807, 2.05) is 71.8 Å². The van der Waals surface area contributed by atoms with Crippen LogP contribution in [0.3, 0.4) is 0 Å². The zero-order valence-electron chi connectivity index (χ0n) is 15.5. The summed E-state index contributed by atoms with van der Waals surface area (Å²) in [6.45, 7) is 0. The third-order valence-corrected chi connectivity index (χ3v) is 5.16. The summed E-state index contributed by atoms with van der Waals surface area (Å²) in [4.78, 5) is 0. The Balaban J connectivity index is 1.80. The predicted molar refractivity (Wildman–Crippen MR) is 102 cm³/mol. The van der Waals surface area contributed by atoms with Crippen LogP contribution in [0, 0.1) is 11.6 Å². The van der Waals surface area contributed by atoms with Gasteiger partial charge in [0.05, 0.1) is 14.1 Å². The lowest BCUT2D eigenvalue weighted by Gasteiger charge is -2.04. The first-order valence-electron chi connectivity index (χ1n) is 8.96. The zero-order valence-corrected chi connectivity index (χ0v) is 15.5. The SMILES string of the molecule is C[n+]1cn(-c2cc(-n3c[n+](C)c4ccccc43)c(F)cc2F)c2ccccc21. The average molecular weight is 376 g/mol. The van der Waals surface area contributed by atoms with E-state index in [0.717, 1.165) is 28.1 Å². The smallest absolute Gasteiger partial charge is 0.232 e. The number of imidazole rings is 2. The topological polar surface area (TPSA) is 17.6 Å². The molecule has 0 aliphatic rings. The Kier molecular flexibility index (Phi) is 3.55. The maximum absolute atomic E-state index is 14.8. The van der Waals surface area contributed by atoms with E-state index in [-0.39, 0.29) is 0 Å². The highest BCUT2D eigenvalue weighted by molar-refractivity contribution is 5.76. The molecule has 0 amide bonds. The molecule has 2 aromatic heterocycles. The van der Waals surface area contributed by atoms with Crippen LogP contribution in [0.1, 0.15) is 0 Å². The second-order valence-electron chi connectivity index (χ2n) is 6.93. The zero-order chi connectivity index (χ0) is 19.4. The van der Waals surface area contributed by atoms with Crippen LogP contribution in [0.25, 0.3) is 33.4 Å². The number of fused-ring (bicyclic) bond motifs is 2. The van der Waals surface area contributed by atoms with E-state index in [0.29, 0.717) is 11.4 Å². The Hall–Kier alpha value is -3.54. The van der Waals surface area contributed by atoms with Gasteiger partial charge in [0.1, 0.15) is 0 Å². The number of hydrogen-bond donors (Lipinski definition) is 0. The van der Waals surface area contributed by atoms with Gasteiger partial charge in [-0.15, -0.1) is 0 Å². The highest BCUT2D eigenvalue weighted by Crippen LogP contribution is 2.26. The molecule has 0 spiro atoms. The van der Waals surface area contributed by atoms with Gasteiger partial charge in [-0.1, -0.05) is 24.3 Å². The lowest BCUT2D eigenvalue weighted by Crippen LogP contribution is -2.25. The molecule has 0 aliphatic heterocycles. The summed E-state index contributed by atoms with van der Waals surface area (Å²) in [6, 6.07) is 18.0. The van der Waals surface area contributed by atoms with Gasteiger partial charge in [0.2, 0.25) is 12.7 Å². The number of aromatic nitrogens is 4. The molecule has 138 valence electrons. The van der Waals surface area contributed by atoms with Crippen molar-refractivity contribution in [2.45, 2.75) is 0 Å². The molecular formula is C22H18F2N4+2. The van der Waals surface area contributed by atoms with Gasteiger partial charge in [0, 0.05) is 12.1 Å². The number of benzene rings is 3. The first kappa shape index (κ1) is 16.6. The summed E-state index contributed by atoms with van der Waals surface area (Å²) < 4.78 is 36.9. The number of nitrogens with zero attached hydrogens (tertiary/aromatic N) is 4. The van der Waals surface area contributed by atoms with Gasteiger partial charge in [0.25, 0.3) is 0 Å². The Labute approximate surface area is 160 Å². The highest BCUT2D eigenvalue weighted by atomic mass is 19.1. The third kappa shape index (κ3) is 2.34. The molecule has 3 aromatic carbocycles. The van der Waals surface area contributed by atoms with Gasteiger partial charge in [-0.25, -0.2) is 17.9 Å². The van der Waals surface area contributed by atoms with E-state index < -0.39 is 11.6 Å². The van der Waals surface area contributed by atoms with Crippen LogP contribution in [-0.2, 0) is 14.1 Å². The maximum atomic E-state index is 14.8. The fraction of sp³-hybridized carbons (Fsp3) is 0.0909. The van der Waals surface area contributed by atoms with Crippen molar-refractivity contribution in [1.29, 1.82) is 0 Å². The largest absolute Gasteiger partial charge is 0.249 e. The molecule has 5 rings (SSSR count). The number of hydrogen-bond acceptors (Lipinski definition) is 0. The lowest BCUT2D eigenvalue weighted by atomic mass is 10.2. The molecule has 0 saturated heterocycles. The van der Waals surface area contributed by atoms with Crippen LogP contribution < -0.4 is 9.13 Å². The van der Waals surface area contributed by atoms with E-state index in [4.69, 9.17) is 0 Å². The van der Waals surface area contributed by atoms with Gasteiger partial charge in [0.15, 0.2) is 45.1 Å². The number of aryl methyl sites for hydroxylation is 2. The van der Waals surface area contributed by atoms with Crippen LogP contribution in [0.2, 0.25) is 0 Å². The fourth-order valence-electron chi connectivity index (χ4n) is 3.81. The minimum atomic E-state index is -0.608. The van der Waals surface area contributed by atoms with E-state index in [1.54, 1.807) is 27.9 Å². The van der Waals surface area contributed by atoms with Crippen molar-refractivity contribution in [2.75, 3.05) is 0 Å². The van der Waals surface area contributed by atoms with Crippen molar-refractivity contribution in [2.24, 2.45) is 14.1 Å². The summed E-state index contributed by atoms with van der Waals surface area (Å²) in [5.41, 5.74) is 4.23. The van der Waals surface area contributed by atoms with E-state index >= 15 is 0 Å². The molecule has 0 N–H and O–H groups in total. The normalized spacial score (nSPS) is 11.6. The molecule has 2 heterocycles. The molecule has 4 nitrogen and oxygen atoms in total. The van der Waals surface area contributed by atoms with Gasteiger partial charge in [-0.05, 0) is 24.3 Å². The summed E-state index contributed by atoms with van der Waals surface area (Å²) >= 11 is 0. The van der Waals surface area contributed by atoms with Gasteiger partial charge >= 0.3 is 0 Å². The molecule has 0 aliphatic carbocycles. The van der Waals surface area contributed by atoms with Crippen molar-refractivity contribution in [3.05, 3.63) is 85.0 Å². The lowest BCUT2D eigenvalue weighted by molar-refractivity contribution is -0.645.